The number of ketones is 1. The fourth-order valence-electron chi connectivity index (χ4n) is 3.50. The summed E-state index contributed by atoms with van der Waals surface area (Å²) >= 11 is 0. The fraction of sp³-hybridized carbons (Fsp3) is 0.706. The number of likely N-dealkylation sites (tertiary alicyclic amines) is 1. The van der Waals surface area contributed by atoms with E-state index in [1.54, 1.807) is 6.92 Å². The van der Waals surface area contributed by atoms with Gasteiger partial charge in [-0.05, 0) is 39.4 Å². The molecule has 0 N–H and O–H groups in total. The minimum Gasteiger partial charge on any atom is -0.353 e. The summed E-state index contributed by atoms with van der Waals surface area (Å²) in [4.78, 5) is 16.4. The second kappa shape index (κ2) is 6.75. The van der Waals surface area contributed by atoms with Gasteiger partial charge in [-0.25, -0.2) is 0 Å². The smallest absolute Gasteiger partial charge is 0.161 e. The maximum Gasteiger partial charge on any atom is 0.161 e. The molecule has 0 unspecified atom stereocenters. The van der Waals surface area contributed by atoms with Gasteiger partial charge in [0.25, 0.3) is 0 Å². The lowest BCUT2D eigenvalue weighted by Crippen LogP contribution is -2.35. The molecule has 0 saturated carbocycles. The van der Waals surface area contributed by atoms with Crippen LogP contribution in [0.1, 0.15) is 42.7 Å². The van der Waals surface area contributed by atoms with Gasteiger partial charge in [0, 0.05) is 50.2 Å². The van der Waals surface area contributed by atoms with Crippen molar-refractivity contribution in [3.05, 3.63) is 23.5 Å². The lowest BCUT2D eigenvalue weighted by Gasteiger charge is -2.24. The average molecular weight is 291 g/mol. The molecular formula is C17H29N3O. The van der Waals surface area contributed by atoms with Gasteiger partial charge in [0.1, 0.15) is 0 Å². The number of carbonyl (C=O) groups is 1. The van der Waals surface area contributed by atoms with Crippen LogP contribution in [0, 0.1) is 5.92 Å². The highest BCUT2D eigenvalue weighted by molar-refractivity contribution is 5.94. The van der Waals surface area contributed by atoms with E-state index in [0.717, 1.165) is 31.1 Å². The number of rotatable bonds is 6. The summed E-state index contributed by atoms with van der Waals surface area (Å²) in [6, 6.07) is 2.69. The quantitative estimate of drug-likeness (QED) is 0.754. The Bertz CT molecular complexity index is 492. The normalized spacial score (nSPS) is 23.1. The molecule has 1 fully saturated rings. The summed E-state index contributed by atoms with van der Waals surface area (Å²) in [6.07, 6.45) is 4.49. The Labute approximate surface area is 128 Å². The fourth-order valence-corrected chi connectivity index (χ4v) is 3.50. The van der Waals surface area contributed by atoms with Crippen molar-refractivity contribution < 1.29 is 4.79 Å². The van der Waals surface area contributed by atoms with Crippen molar-refractivity contribution in [2.45, 2.75) is 39.3 Å². The first-order valence-electron chi connectivity index (χ1n) is 7.97. The zero-order valence-electron chi connectivity index (χ0n) is 14.1. The molecule has 0 amide bonds. The number of aryl methyl sites for hydroxylation is 1. The Morgan fingerprint density at radius 1 is 1.38 bits per heavy atom. The molecule has 1 saturated heterocycles. The molecule has 0 aromatic carbocycles. The van der Waals surface area contributed by atoms with Crippen LogP contribution < -0.4 is 0 Å². The van der Waals surface area contributed by atoms with E-state index < -0.39 is 0 Å². The van der Waals surface area contributed by atoms with Gasteiger partial charge in [0.05, 0.1) is 0 Å². The van der Waals surface area contributed by atoms with Gasteiger partial charge in [0.2, 0.25) is 0 Å². The van der Waals surface area contributed by atoms with Crippen molar-refractivity contribution in [2.75, 3.05) is 27.2 Å². The summed E-state index contributed by atoms with van der Waals surface area (Å²) in [5, 5.41) is 0. The van der Waals surface area contributed by atoms with Gasteiger partial charge >= 0.3 is 0 Å². The first-order valence-corrected chi connectivity index (χ1v) is 7.97. The van der Waals surface area contributed by atoms with Crippen LogP contribution in [0.4, 0.5) is 0 Å². The van der Waals surface area contributed by atoms with Gasteiger partial charge in [-0.1, -0.05) is 13.3 Å². The number of nitrogens with zero attached hydrogens (tertiary/aromatic N) is 3. The first kappa shape index (κ1) is 16.2. The number of carbonyl (C=O) groups excluding carboxylic acids is 1. The van der Waals surface area contributed by atoms with Crippen LogP contribution >= 0.6 is 0 Å². The van der Waals surface area contributed by atoms with E-state index in [4.69, 9.17) is 0 Å². The van der Waals surface area contributed by atoms with Crippen LogP contribution in [0.2, 0.25) is 0 Å². The van der Waals surface area contributed by atoms with E-state index in [-0.39, 0.29) is 5.78 Å². The van der Waals surface area contributed by atoms with E-state index in [1.165, 1.54) is 18.5 Å². The highest BCUT2D eigenvalue weighted by atomic mass is 16.1. The highest BCUT2D eigenvalue weighted by Gasteiger charge is 2.33. The average Bonchev–Trinajstić information content (AvgIpc) is 2.95. The third-order valence-electron chi connectivity index (χ3n) is 4.70. The van der Waals surface area contributed by atoms with Gasteiger partial charge < -0.3 is 9.47 Å². The maximum atomic E-state index is 11.5. The van der Waals surface area contributed by atoms with Crippen molar-refractivity contribution in [3.8, 4) is 0 Å². The molecule has 4 heteroatoms. The Balaban J connectivity index is 2.05. The van der Waals surface area contributed by atoms with Gasteiger partial charge in [0.15, 0.2) is 5.78 Å². The van der Waals surface area contributed by atoms with E-state index in [0.29, 0.717) is 6.04 Å². The molecule has 0 spiro atoms. The predicted octanol–water partition coefficient (Wildman–Crippen LogP) is 2.39. The molecule has 1 aliphatic rings. The number of likely N-dealkylation sites (N-methyl/N-ethyl adjacent to an activating group) is 1. The molecule has 1 aliphatic heterocycles. The summed E-state index contributed by atoms with van der Waals surface area (Å²) < 4.78 is 2.09. The van der Waals surface area contributed by atoms with Crippen LogP contribution in [0.15, 0.2) is 12.3 Å². The molecule has 2 atom stereocenters. The monoisotopic (exact) mass is 291 g/mol. The van der Waals surface area contributed by atoms with Crippen LogP contribution in [0.25, 0.3) is 0 Å². The standard InChI is InChI=1S/C17H29N3O/c1-6-7-14-10-20(12-17(14)18(3)4)11-16-8-15(13(2)21)9-19(16)5/h8-9,14,17H,6-7,10-12H2,1-5H3/t14-,17-/m1/s1. The number of Topliss-reactive ketones (excluding diaryl/α,β-unsaturated/α-hetero) is 1. The number of aromatic nitrogens is 1. The SMILES string of the molecule is CCC[C@@H]1CN(Cc2cc(C(C)=O)cn2C)C[C@H]1N(C)C. The molecule has 4 nitrogen and oxygen atoms in total. The van der Waals surface area contributed by atoms with E-state index >= 15 is 0 Å². The molecule has 0 bridgehead atoms. The second-order valence-corrected chi connectivity index (χ2v) is 6.66. The molecule has 1 aromatic heterocycles. The maximum absolute atomic E-state index is 11.5. The highest BCUT2D eigenvalue weighted by Crippen LogP contribution is 2.26. The van der Waals surface area contributed by atoms with Crippen LogP contribution in [-0.2, 0) is 13.6 Å². The minimum absolute atomic E-state index is 0.147. The molecule has 21 heavy (non-hydrogen) atoms. The molecule has 0 aliphatic carbocycles. The van der Waals surface area contributed by atoms with E-state index in [2.05, 4.69) is 35.4 Å². The third kappa shape index (κ3) is 3.74. The molecule has 2 rings (SSSR count). The first-order chi connectivity index (χ1) is 9.92. The Morgan fingerprint density at radius 2 is 2.10 bits per heavy atom. The summed E-state index contributed by atoms with van der Waals surface area (Å²) in [7, 11) is 6.41. The van der Waals surface area contributed by atoms with E-state index in [9.17, 15) is 4.79 Å². The van der Waals surface area contributed by atoms with E-state index in [1.807, 2.05) is 19.3 Å². The zero-order chi connectivity index (χ0) is 15.6. The predicted molar refractivity (Wildman–Crippen MR) is 86.6 cm³/mol. The lowest BCUT2D eigenvalue weighted by atomic mass is 9.98. The Hall–Kier alpha value is -1.13. The Morgan fingerprint density at radius 3 is 2.62 bits per heavy atom. The molecule has 118 valence electrons. The molecule has 1 aromatic rings. The van der Waals surface area contributed by atoms with Crippen LogP contribution in [0.3, 0.4) is 0 Å². The summed E-state index contributed by atoms with van der Waals surface area (Å²) in [5.41, 5.74) is 2.05. The topological polar surface area (TPSA) is 28.5 Å². The number of hydrogen-bond acceptors (Lipinski definition) is 3. The molecule has 2 heterocycles. The zero-order valence-corrected chi connectivity index (χ0v) is 14.1. The third-order valence-corrected chi connectivity index (χ3v) is 4.70. The summed E-state index contributed by atoms with van der Waals surface area (Å²) in [5.74, 6) is 0.908. The van der Waals surface area contributed by atoms with Gasteiger partial charge in [-0.15, -0.1) is 0 Å². The lowest BCUT2D eigenvalue weighted by molar-refractivity contribution is 0.101. The van der Waals surface area contributed by atoms with Gasteiger partial charge in [-0.3, -0.25) is 9.69 Å². The largest absolute Gasteiger partial charge is 0.353 e. The van der Waals surface area contributed by atoms with Crippen molar-refractivity contribution in [1.29, 1.82) is 0 Å². The van der Waals surface area contributed by atoms with Crippen molar-refractivity contribution in [2.24, 2.45) is 13.0 Å². The molecular weight excluding hydrogens is 262 g/mol. The van der Waals surface area contributed by atoms with Crippen LogP contribution in [-0.4, -0.2) is 53.4 Å². The van der Waals surface area contributed by atoms with Gasteiger partial charge in [-0.2, -0.15) is 0 Å². The second-order valence-electron chi connectivity index (χ2n) is 6.66. The Kier molecular flexibility index (Phi) is 5.22. The number of hydrogen-bond donors (Lipinski definition) is 0. The molecule has 0 radical (unpaired) electrons. The van der Waals surface area contributed by atoms with Crippen LogP contribution in [0.5, 0.6) is 0 Å². The minimum atomic E-state index is 0.147. The van der Waals surface area contributed by atoms with Crippen molar-refractivity contribution >= 4 is 5.78 Å². The van der Waals surface area contributed by atoms with Crippen molar-refractivity contribution in [1.82, 2.24) is 14.4 Å². The summed E-state index contributed by atoms with van der Waals surface area (Å²) in [6.45, 7) is 7.13. The van der Waals surface area contributed by atoms with Crippen molar-refractivity contribution in [3.63, 3.8) is 0 Å².